The van der Waals surface area contributed by atoms with Crippen molar-refractivity contribution in [2.24, 2.45) is 21.8 Å². The lowest BCUT2D eigenvalue weighted by Crippen LogP contribution is -2.42. The summed E-state index contributed by atoms with van der Waals surface area (Å²) < 4.78 is 11.6. The van der Waals surface area contributed by atoms with E-state index in [1.54, 1.807) is 0 Å². The maximum absolute atomic E-state index is 6.13. The summed E-state index contributed by atoms with van der Waals surface area (Å²) in [6.45, 7) is 5.16. The molecule has 2 heterocycles. The first-order valence-corrected chi connectivity index (χ1v) is 8.59. The first kappa shape index (κ1) is 15.9. The number of aliphatic imine (C=N–C) groups is 2. The molecule has 0 spiro atoms. The Kier molecular flexibility index (Phi) is 5.11. The van der Waals surface area contributed by atoms with Crippen molar-refractivity contribution in [1.29, 1.82) is 0 Å². The fourth-order valence-electron chi connectivity index (χ4n) is 3.62. The van der Waals surface area contributed by atoms with E-state index in [9.17, 15) is 0 Å². The highest BCUT2D eigenvalue weighted by Gasteiger charge is 2.40. The predicted octanol–water partition coefficient (Wildman–Crippen LogP) is 4.07. The third kappa shape index (κ3) is 3.05. The molecular formula is C17H23ClN2O2. The van der Waals surface area contributed by atoms with E-state index in [2.05, 4.69) is 4.99 Å². The molecule has 0 saturated heterocycles. The van der Waals surface area contributed by atoms with E-state index in [4.69, 9.17) is 26.1 Å². The molecule has 1 fully saturated rings. The van der Waals surface area contributed by atoms with Gasteiger partial charge in [-0.25, -0.2) is 4.99 Å². The average Bonchev–Trinajstić information content (AvgIpc) is 3.14. The zero-order valence-electron chi connectivity index (χ0n) is 13.2. The van der Waals surface area contributed by atoms with Crippen molar-refractivity contribution in [2.75, 3.05) is 13.2 Å². The highest BCUT2D eigenvalue weighted by molar-refractivity contribution is 6.34. The van der Waals surface area contributed by atoms with Gasteiger partial charge < -0.3 is 9.47 Å². The molecule has 22 heavy (non-hydrogen) atoms. The number of fused-ring (bicyclic) bond motifs is 1. The molecule has 0 aromatic rings. The molecule has 4 nitrogen and oxygen atoms in total. The Morgan fingerprint density at radius 2 is 1.91 bits per heavy atom. The van der Waals surface area contributed by atoms with Crippen LogP contribution in [0.1, 0.15) is 39.5 Å². The molecule has 5 heteroatoms. The lowest BCUT2D eigenvalue weighted by atomic mass is 9.79. The summed E-state index contributed by atoms with van der Waals surface area (Å²) >= 11 is 6.13. The van der Waals surface area contributed by atoms with Crippen molar-refractivity contribution in [3.63, 3.8) is 0 Å². The van der Waals surface area contributed by atoms with Crippen molar-refractivity contribution < 1.29 is 9.47 Å². The van der Waals surface area contributed by atoms with Gasteiger partial charge in [-0.15, -0.1) is 0 Å². The Morgan fingerprint density at radius 3 is 2.55 bits per heavy atom. The number of rotatable bonds is 6. The Bertz CT molecular complexity index is 539. The van der Waals surface area contributed by atoms with Crippen LogP contribution in [-0.4, -0.2) is 30.9 Å². The summed E-state index contributed by atoms with van der Waals surface area (Å²) in [6.07, 6.45) is 8.32. The summed E-state index contributed by atoms with van der Waals surface area (Å²) in [5.74, 6) is 0.721. The Balaban J connectivity index is 1.93. The third-order valence-electron chi connectivity index (χ3n) is 4.51. The summed E-state index contributed by atoms with van der Waals surface area (Å²) in [7, 11) is 0. The van der Waals surface area contributed by atoms with Gasteiger partial charge in [-0.3, -0.25) is 4.99 Å². The maximum Gasteiger partial charge on any atom is 0.197 e. The number of nitrogens with zero attached hydrogens (tertiary/aromatic N) is 2. The van der Waals surface area contributed by atoms with E-state index in [1.807, 2.05) is 26.1 Å². The fraction of sp³-hybridized carbons (Fsp3) is 0.647. The highest BCUT2D eigenvalue weighted by Crippen LogP contribution is 2.39. The molecule has 0 amide bonds. The SMILES string of the molecule is CCOC(OCC)C1=NC=C2C=C(Cl)N=C2C1C1CCCC1. The van der Waals surface area contributed by atoms with Crippen molar-refractivity contribution in [1.82, 2.24) is 0 Å². The van der Waals surface area contributed by atoms with E-state index in [0.29, 0.717) is 24.3 Å². The first-order chi connectivity index (χ1) is 10.7. The smallest absolute Gasteiger partial charge is 0.197 e. The number of allylic oxidation sites excluding steroid dienone is 2. The zero-order chi connectivity index (χ0) is 15.5. The molecule has 0 radical (unpaired) electrons. The van der Waals surface area contributed by atoms with E-state index in [0.717, 1.165) is 17.0 Å². The Labute approximate surface area is 137 Å². The molecule has 3 aliphatic rings. The summed E-state index contributed by atoms with van der Waals surface area (Å²) in [5, 5.41) is 0.546. The van der Waals surface area contributed by atoms with Crippen LogP contribution < -0.4 is 0 Å². The topological polar surface area (TPSA) is 43.2 Å². The Hall–Kier alpha value is -0.970. The quantitative estimate of drug-likeness (QED) is 0.546. The van der Waals surface area contributed by atoms with Crippen LogP contribution in [0.25, 0.3) is 0 Å². The molecule has 1 saturated carbocycles. The lowest BCUT2D eigenvalue weighted by Gasteiger charge is -2.32. The van der Waals surface area contributed by atoms with Crippen LogP contribution in [0.2, 0.25) is 0 Å². The van der Waals surface area contributed by atoms with Crippen LogP contribution in [0.15, 0.2) is 33.0 Å². The fourth-order valence-corrected chi connectivity index (χ4v) is 3.82. The molecule has 120 valence electrons. The minimum atomic E-state index is -0.388. The number of halogens is 1. The zero-order valence-corrected chi connectivity index (χ0v) is 14.0. The van der Waals surface area contributed by atoms with E-state index in [-0.39, 0.29) is 12.2 Å². The van der Waals surface area contributed by atoms with Gasteiger partial charge in [-0.2, -0.15) is 0 Å². The number of hydrogen-bond donors (Lipinski definition) is 0. The molecule has 0 N–H and O–H groups in total. The van der Waals surface area contributed by atoms with Gasteiger partial charge in [-0.1, -0.05) is 24.4 Å². The van der Waals surface area contributed by atoms with Crippen LogP contribution in [-0.2, 0) is 9.47 Å². The van der Waals surface area contributed by atoms with Gasteiger partial charge in [0.2, 0.25) is 0 Å². The maximum atomic E-state index is 6.13. The second-order valence-electron chi connectivity index (χ2n) is 5.87. The molecule has 0 bridgehead atoms. The molecule has 0 aromatic carbocycles. The van der Waals surface area contributed by atoms with Crippen LogP contribution in [0.5, 0.6) is 0 Å². The van der Waals surface area contributed by atoms with Crippen LogP contribution in [0.4, 0.5) is 0 Å². The van der Waals surface area contributed by atoms with Gasteiger partial charge in [0.05, 0.1) is 11.4 Å². The second kappa shape index (κ2) is 7.07. The lowest BCUT2D eigenvalue weighted by molar-refractivity contribution is -0.0923. The van der Waals surface area contributed by atoms with Crippen molar-refractivity contribution >= 4 is 23.0 Å². The third-order valence-corrected chi connectivity index (χ3v) is 4.71. The van der Waals surface area contributed by atoms with Gasteiger partial charge in [0.15, 0.2) is 6.29 Å². The second-order valence-corrected chi connectivity index (χ2v) is 6.25. The van der Waals surface area contributed by atoms with Crippen molar-refractivity contribution in [2.45, 2.75) is 45.8 Å². The minimum absolute atomic E-state index is 0.165. The average molecular weight is 323 g/mol. The van der Waals surface area contributed by atoms with Crippen molar-refractivity contribution in [3.05, 3.63) is 23.0 Å². The van der Waals surface area contributed by atoms with Crippen LogP contribution >= 0.6 is 11.6 Å². The molecular weight excluding hydrogens is 300 g/mol. The van der Waals surface area contributed by atoms with Crippen molar-refractivity contribution in [3.8, 4) is 0 Å². The highest BCUT2D eigenvalue weighted by atomic mass is 35.5. The molecule has 0 aromatic heterocycles. The summed E-state index contributed by atoms with van der Waals surface area (Å²) in [5.41, 5.74) is 3.04. The van der Waals surface area contributed by atoms with E-state index >= 15 is 0 Å². The predicted molar refractivity (Wildman–Crippen MR) is 89.4 cm³/mol. The number of ether oxygens (including phenoxy) is 2. The van der Waals surface area contributed by atoms with Gasteiger partial charge in [0.1, 0.15) is 5.16 Å². The molecule has 2 aliphatic heterocycles. The molecule has 1 unspecified atom stereocenters. The van der Waals surface area contributed by atoms with Crippen LogP contribution in [0, 0.1) is 11.8 Å². The first-order valence-electron chi connectivity index (χ1n) is 8.21. The number of hydrogen-bond acceptors (Lipinski definition) is 4. The molecule has 3 rings (SSSR count). The monoisotopic (exact) mass is 322 g/mol. The van der Waals surface area contributed by atoms with Gasteiger partial charge in [-0.05, 0) is 38.7 Å². The summed E-state index contributed by atoms with van der Waals surface area (Å²) in [4.78, 5) is 9.26. The largest absolute Gasteiger partial charge is 0.348 e. The van der Waals surface area contributed by atoms with E-state index in [1.165, 1.54) is 25.7 Å². The van der Waals surface area contributed by atoms with Gasteiger partial charge >= 0.3 is 0 Å². The van der Waals surface area contributed by atoms with E-state index < -0.39 is 0 Å². The summed E-state index contributed by atoms with van der Waals surface area (Å²) in [6, 6.07) is 0. The minimum Gasteiger partial charge on any atom is -0.348 e. The van der Waals surface area contributed by atoms with Gasteiger partial charge in [0.25, 0.3) is 0 Å². The Morgan fingerprint density at radius 1 is 1.23 bits per heavy atom. The van der Waals surface area contributed by atoms with Gasteiger partial charge in [0, 0.05) is 30.9 Å². The molecule has 1 atom stereocenters. The normalized spacial score (nSPS) is 25.0. The van der Waals surface area contributed by atoms with Crippen LogP contribution in [0.3, 0.4) is 0 Å². The molecule has 1 aliphatic carbocycles. The standard InChI is InChI=1S/C17H23ClN2O2/c1-3-21-17(22-4-2)16-14(11-7-5-6-8-11)15-12(10-19-16)9-13(18)20-15/h9-11,14,17H,3-8H2,1-2H3.